The van der Waals surface area contributed by atoms with Crippen molar-refractivity contribution in [3.05, 3.63) is 23.8 Å². The number of nitrogens with one attached hydrogen (secondary N) is 1. The molecule has 1 saturated heterocycles. The number of carboxylic acids is 1. The van der Waals surface area contributed by atoms with Crippen LogP contribution in [0, 0.1) is 5.92 Å². The fraction of sp³-hybridized carbons (Fsp3) is 0.333. The first-order valence-corrected chi connectivity index (χ1v) is 5.53. The third kappa shape index (κ3) is 2.60. The molecule has 0 radical (unpaired) electrons. The highest BCUT2D eigenvalue weighted by Gasteiger charge is 2.24. The number of hydrogen-bond acceptors (Lipinski definition) is 4. The van der Waals surface area contributed by atoms with Gasteiger partial charge in [-0.3, -0.25) is 4.79 Å². The molecule has 1 aliphatic rings. The van der Waals surface area contributed by atoms with Gasteiger partial charge in [-0.25, -0.2) is 4.79 Å². The molecular formula is C12H13NO5. The van der Waals surface area contributed by atoms with Gasteiger partial charge in [-0.2, -0.15) is 0 Å². The van der Waals surface area contributed by atoms with Crippen molar-refractivity contribution < 1.29 is 24.5 Å². The molecule has 6 nitrogen and oxygen atoms in total. The standard InChI is InChI=1S/C12H13NO5/c14-8-1-2-10(9(5-8)12(16)17)13-11(15)7-3-4-18-6-7/h1-2,5,7,14H,3-4,6H2,(H,13,15)(H,16,17). The Hall–Kier alpha value is -2.08. The van der Waals surface area contributed by atoms with E-state index in [1.165, 1.54) is 12.1 Å². The van der Waals surface area contributed by atoms with Crippen molar-refractivity contribution in [2.45, 2.75) is 6.42 Å². The number of carboxylic acid groups (broad SMARTS) is 1. The average molecular weight is 251 g/mol. The Balaban J connectivity index is 2.17. The monoisotopic (exact) mass is 251 g/mol. The summed E-state index contributed by atoms with van der Waals surface area (Å²) in [5.41, 5.74) is 0.0412. The summed E-state index contributed by atoms with van der Waals surface area (Å²) >= 11 is 0. The topological polar surface area (TPSA) is 95.9 Å². The van der Waals surface area contributed by atoms with E-state index in [0.29, 0.717) is 19.6 Å². The third-order valence-corrected chi connectivity index (χ3v) is 2.79. The second-order valence-corrected chi connectivity index (χ2v) is 4.08. The van der Waals surface area contributed by atoms with Crippen LogP contribution in [0.3, 0.4) is 0 Å². The summed E-state index contributed by atoms with van der Waals surface area (Å²) in [5, 5.41) is 20.8. The molecule has 1 amide bonds. The Morgan fingerprint density at radius 3 is 2.78 bits per heavy atom. The van der Waals surface area contributed by atoms with E-state index >= 15 is 0 Å². The zero-order chi connectivity index (χ0) is 13.1. The van der Waals surface area contributed by atoms with Gasteiger partial charge in [0.25, 0.3) is 0 Å². The summed E-state index contributed by atoms with van der Waals surface area (Å²) in [6.45, 7) is 0.895. The number of aromatic carboxylic acids is 1. The Morgan fingerprint density at radius 2 is 2.17 bits per heavy atom. The Morgan fingerprint density at radius 1 is 1.39 bits per heavy atom. The van der Waals surface area contributed by atoms with Crippen molar-refractivity contribution in [1.82, 2.24) is 0 Å². The maximum atomic E-state index is 11.8. The number of carbonyl (C=O) groups excluding carboxylic acids is 1. The summed E-state index contributed by atoms with van der Waals surface area (Å²) < 4.78 is 5.10. The molecule has 96 valence electrons. The van der Waals surface area contributed by atoms with Crippen LogP contribution in [-0.2, 0) is 9.53 Å². The minimum absolute atomic E-state index is 0.137. The van der Waals surface area contributed by atoms with E-state index in [2.05, 4.69) is 5.32 Å². The molecule has 1 fully saturated rings. The summed E-state index contributed by atoms with van der Waals surface area (Å²) in [5.74, 6) is -1.88. The second kappa shape index (κ2) is 5.05. The van der Waals surface area contributed by atoms with Gasteiger partial charge in [0.1, 0.15) is 5.75 Å². The molecule has 0 spiro atoms. The molecule has 18 heavy (non-hydrogen) atoms. The first kappa shape index (κ1) is 12.4. The van der Waals surface area contributed by atoms with Crippen LogP contribution in [-0.4, -0.2) is 35.3 Å². The number of aromatic hydroxyl groups is 1. The first-order chi connectivity index (χ1) is 8.58. The number of amides is 1. The Bertz CT molecular complexity index is 479. The normalized spacial score (nSPS) is 18.6. The number of ether oxygens (including phenoxy) is 1. The van der Waals surface area contributed by atoms with Crippen LogP contribution in [0.1, 0.15) is 16.8 Å². The van der Waals surface area contributed by atoms with Crippen LogP contribution >= 0.6 is 0 Å². The third-order valence-electron chi connectivity index (χ3n) is 2.79. The van der Waals surface area contributed by atoms with Gasteiger partial charge in [-0.15, -0.1) is 0 Å². The molecule has 1 heterocycles. The van der Waals surface area contributed by atoms with E-state index in [-0.39, 0.29) is 28.8 Å². The van der Waals surface area contributed by atoms with Crippen molar-refractivity contribution >= 4 is 17.6 Å². The largest absolute Gasteiger partial charge is 0.508 e. The van der Waals surface area contributed by atoms with E-state index in [1.807, 2.05) is 0 Å². The van der Waals surface area contributed by atoms with E-state index in [4.69, 9.17) is 9.84 Å². The van der Waals surface area contributed by atoms with E-state index in [1.54, 1.807) is 0 Å². The zero-order valence-corrected chi connectivity index (χ0v) is 9.55. The van der Waals surface area contributed by atoms with Crippen molar-refractivity contribution in [2.75, 3.05) is 18.5 Å². The van der Waals surface area contributed by atoms with Crippen molar-refractivity contribution in [3.8, 4) is 5.75 Å². The highest BCUT2D eigenvalue weighted by atomic mass is 16.5. The van der Waals surface area contributed by atoms with Gasteiger partial charge in [-0.05, 0) is 24.6 Å². The number of phenols is 1. The van der Waals surface area contributed by atoms with Gasteiger partial charge in [0.15, 0.2) is 0 Å². The second-order valence-electron chi connectivity index (χ2n) is 4.08. The average Bonchev–Trinajstić information content (AvgIpc) is 2.84. The summed E-state index contributed by atoms with van der Waals surface area (Å²) in [4.78, 5) is 22.8. The van der Waals surface area contributed by atoms with Crippen LogP contribution in [0.2, 0.25) is 0 Å². The number of hydrogen-bond donors (Lipinski definition) is 3. The molecule has 6 heteroatoms. The zero-order valence-electron chi connectivity index (χ0n) is 9.55. The number of anilines is 1. The quantitative estimate of drug-likeness (QED) is 0.698. The van der Waals surface area contributed by atoms with E-state index in [9.17, 15) is 14.7 Å². The summed E-state index contributed by atoms with van der Waals surface area (Å²) in [7, 11) is 0. The maximum Gasteiger partial charge on any atom is 0.337 e. The lowest BCUT2D eigenvalue weighted by Gasteiger charge is -2.11. The lowest BCUT2D eigenvalue weighted by atomic mass is 10.1. The molecular weight excluding hydrogens is 238 g/mol. The minimum atomic E-state index is -1.20. The number of carbonyl (C=O) groups is 2. The molecule has 0 bridgehead atoms. The predicted octanol–water partition coefficient (Wildman–Crippen LogP) is 1.07. The molecule has 1 aromatic carbocycles. The Labute approximate surface area is 103 Å². The van der Waals surface area contributed by atoms with Crippen molar-refractivity contribution in [3.63, 3.8) is 0 Å². The predicted molar refractivity (Wildman–Crippen MR) is 62.6 cm³/mol. The smallest absolute Gasteiger partial charge is 0.337 e. The lowest BCUT2D eigenvalue weighted by Crippen LogP contribution is -2.23. The van der Waals surface area contributed by atoms with E-state index < -0.39 is 5.97 Å². The fourth-order valence-electron chi connectivity index (χ4n) is 1.79. The molecule has 1 aliphatic heterocycles. The first-order valence-electron chi connectivity index (χ1n) is 5.53. The molecule has 2 rings (SSSR count). The summed E-state index contributed by atoms with van der Waals surface area (Å²) in [6.07, 6.45) is 0.631. The lowest BCUT2D eigenvalue weighted by molar-refractivity contribution is -0.119. The number of phenolic OH excluding ortho intramolecular Hbond substituents is 1. The Kier molecular flexibility index (Phi) is 3.47. The summed E-state index contributed by atoms with van der Waals surface area (Å²) in [6, 6.07) is 3.79. The highest BCUT2D eigenvalue weighted by molar-refractivity contribution is 6.01. The molecule has 1 atom stereocenters. The minimum Gasteiger partial charge on any atom is -0.508 e. The van der Waals surface area contributed by atoms with Crippen LogP contribution in [0.15, 0.2) is 18.2 Å². The van der Waals surface area contributed by atoms with Gasteiger partial charge < -0.3 is 20.3 Å². The maximum absolute atomic E-state index is 11.8. The number of rotatable bonds is 3. The van der Waals surface area contributed by atoms with Crippen LogP contribution in [0.25, 0.3) is 0 Å². The van der Waals surface area contributed by atoms with Gasteiger partial charge in [0.05, 0.1) is 23.8 Å². The van der Waals surface area contributed by atoms with Crippen molar-refractivity contribution in [2.24, 2.45) is 5.92 Å². The molecule has 1 unspecified atom stereocenters. The molecule has 0 aromatic heterocycles. The highest BCUT2D eigenvalue weighted by Crippen LogP contribution is 2.23. The van der Waals surface area contributed by atoms with Gasteiger partial charge in [-0.1, -0.05) is 0 Å². The molecule has 0 saturated carbocycles. The van der Waals surface area contributed by atoms with Gasteiger partial charge >= 0.3 is 5.97 Å². The fourth-order valence-corrected chi connectivity index (χ4v) is 1.79. The molecule has 0 aliphatic carbocycles. The van der Waals surface area contributed by atoms with Crippen molar-refractivity contribution in [1.29, 1.82) is 0 Å². The molecule has 3 N–H and O–H groups in total. The van der Waals surface area contributed by atoms with Gasteiger partial charge in [0, 0.05) is 6.61 Å². The number of benzene rings is 1. The molecule has 1 aromatic rings. The van der Waals surface area contributed by atoms with Crippen LogP contribution < -0.4 is 5.32 Å². The van der Waals surface area contributed by atoms with Gasteiger partial charge in [0.2, 0.25) is 5.91 Å². The van der Waals surface area contributed by atoms with Crippen LogP contribution in [0.5, 0.6) is 5.75 Å². The van der Waals surface area contributed by atoms with E-state index in [0.717, 1.165) is 6.07 Å². The van der Waals surface area contributed by atoms with Crippen LogP contribution in [0.4, 0.5) is 5.69 Å². The SMILES string of the molecule is O=C(O)c1cc(O)ccc1NC(=O)C1CCOC1.